The predicted molar refractivity (Wildman–Crippen MR) is 82.6 cm³/mol. The molecule has 2 aromatic rings. The number of hydrogen-bond donors (Lipinski definition) is 1. The number of hydrogen-bond acceptors (Lipinski definition) is 1. The molecule has 112 valence electrons. The van der Waals surface area contributed by atoms with Crippen molar-refractivity contribution in [2.24, 2.45) is 5.92 Å². The average Bonchev–Trinajstić information content (AvgIpc) is 2.46. The second-order valence-electron chi connectivity index (χ2n) is 5.21. The second-order valence-corrected chi connectivity index (χ2v) is 5.61. The molecule has 1 unspecified atom stereocenters. The fourth-order valence-corrected chi connectivity index (χ4v) is 2.66. The molecule has 0 saturated heterocycles. The molecule has 1 nitrogen and oxygen atoms in total. The maximum absolute atomic E-state index is 13.2. The van der Waals surface area contributed by atoms with Gasteiger partial charge < -0.3 is 5.32 Å². The molecule has 0 amide bonds. The van der Waals surface area contributed by atoms with Crippen LogP contribution in [0.2, 0.25) is 5.02 Å². The SMILES string of the molecule is CNCC(Cc1ccc(F)cc1)Cc1ccc(F)c(Cl)c1. The third-order valence-electron chi connectivity index (χ3n) is 3.44. The molecule has 1 N–H and O–H groups in total. The zero-order valence-electron chi connectivity index (χ0n) is 11.9. The molecule has 1 atom stereocenters. The molecule has 0 bridgehead atoms. The van der Waals surface area contributed by atoms with E-state index in [4.69, 9.17) is 11.6 Å². The van der Waals surface area contributed by atoms with Crippen LogP contribution in [0.15, 0.2) is 42.5 Å². The Morgan fingerprint density at radius 2 is 1.62 bits per heavy atom. The third-order valence-corrected chi connectivity index (χ3v) is 3.73. The largest absolute Gasteiger partial charge is 0.319 e. The van der Waals surface area contributed by atoms with Crippen LogP contribution in [0.25, 0.3) is 0 Å². The van der Waals surface area contributed by atoms with Gasteiger partial charge in [0.25, 0.3) is 0 Å². The minimum absolute atomic E-state index is 0.150. The van der Waals surface area contributed by atoms with E-state index in [2.05, 4.69) is 5.32 Å². The van der Waals surface area contributed by atoms with Crippen molar-refractivity contribution in [2.45, 2.75) is 12.8 Å². The Bertz CT molecular complexity index is 584. The Morgan fingerprint density at radius 3 is 2.24 bits per heavy atom. The minimum atomic E-state index is -0.399. The highest BCUT2D eigenvalue weighted by Gasteiger charge is 2.11. The summed E-state index contributed by atoms with van der Waals surface area (Å²) >= 11 is 5.82. The van der Waals surface area contributed by atoms with Crippen molar-refractivity contribution < 1.29 is 8.78 Å². The molecular weight excluding hydrogens is 292 g/mol. The van der Waals surface area contributed by atoms with Gasteiger partial charge >= 0.3 is 0 Å². The Kier molecular flexibility index (Phi) is 5.71. The van der Waals surface area contributed by atoms with Crippen molar-refractivity contribution in [2.75, 3.05) is 13.6 Å². The highest BCUT2D eigenvalue weighted by Crippen LogP contribution is 2.20. The predicted octanol–water partition coefficient (Wildman–Crippen LogP) is 4.24. The molecule has 2 rings (SSSR count). The van der Waals surface area contributed by atoms with Crippen LogP contribution >= 0.6 is 11.6 Å². The van der Waals surface area contributed by atoms with Gasteiger partial charge in [0.2, 0.25) is 0 Å². The van der Waals surface area contributed by atoms with Gasteiger partial charge in [-0.2, -0.15) is 0 Å². The van der Waals surface area contributed by atoms with Crippen LogP contribution in [0.3, 0.4) is 0 Å². The maximum Gasteiger partial charge on any atom is 0.141 e. The lowest BCUT2D eigenvalue weighted by Crippen LogP contribution is -2.22. The van der Waals surface area contributed by atoms with Gasteiger partial charge in [-0.1, -0.05) is 29.8 Å². The molecule has 0 heterocycles. The molecule has 0 aliphatic heterocycles. The van der Waals surface area contributed by atoms with Crippen molar-refractivity contribution in [3.63, 3.8) is 0 Å². The van der Waals surface area contributed by atoms with E-state index in [-0.39, 0.29) is 10.8 Å². The Morgan fingerprint density at radius 1 is 1.00 bits per heavy atom. The first-order valence-electron chi connectivity index (χ1n) is 6.91. The van der Waals surface area contributed by atoms with Gasteiger partial charge in [-0.3, -0.25) is 0 Å². The summed E-state index contributed by atoms with van der Waals surface area (Å²) in [7, 11) is 1.90. The normalized spacial score (nSPS) is 12.4. The molecule has 0 fully saturated rings. The summed E-state index contributed by atoms with van der Waals surface area (Å²) < 4.78 is 26.1. The molecule has 0 aliphatic carbocycles. The smallest absolute Gasteiger partial charge is 0.141 e. The summed E-state index contributed by atoms with van der Waals surface area (Å²) in [5, 5.41) is 3.31. The van der Waals surface area contributed by atoms with E-state index >= 15 is 0 Å². The van der Waals surface area contributed by atoms with Crippen molar-refractivity contribution in [1.29, 1.82) is 0 Å². The first-order valence-corrected chi connectivity index (χ1v) is 7.29. The molecular formula is C17H18ClF2N. The zero-order chi connectivity index (χ0) is 15.2. The topological polar surface area (TPSA) is 12.0 Å². The standard InChI is InChI=1S/C17H18ClF2N/c1-21-11-14(8-12-2-5-15(19)6-3-12)9-13-4-7-17(20)16(18)10-13/h2-7,10,14,21H,8-9,11H2,1H3. The van der Waals surface area contributed by atoms with Gasteiger partial charge in [-0.15, -0.1) is 0 Å². The van der Waals surface area contributed by atoms with Crippen LogP contribution in [-0.2, 0) is 12.8 Å². The summed E-state index contributed by atoms with van der Waals surface area (Å²) in [6.45, 7) is 0.826. The van der Waals surface area contributed by atoms with E-state index in [1.54, 1.807) is 24.3 Å². The van der Waals surface area contributed by atoms with E-state index in [0.29, 0.717) is 5.92 Å². The lowest BCUT2D eigenvalue weighted by atomic mass is 9.92. The minimum Gasteiger partial charge on any atom is -0.319 e. The van der Waals surface area contributed by atoms with Crippen molar-refractivity contribution in [3.8, 4) is 0 Å². The second kappa shape index (κ2) is 7.53. The summed E-state index contributed by atoms with van der Waals surface area (Å²) in [6.07, 6.45) is 1.62. The van der Waals surface area contributed by atoms with Crippen LogP contribution in [0.1, 0.15) is 11.1 Å². The average molecular weight is 310 g/mol. The van der Waals surface area contributed by atoms with Gasteiger partial charge in [0.1, 0.15) is 11.6 Å². The van der Waals surface area contributed by atoms with E-state index < -0.39 is 5.82 Å². The number of nitrogens with one attached hydrogen (secondary N) is 1. The third kappa shape index (κ3) is 4.80. The van der Waals surface area contributed by atoms with E-state index in [9.17, 15) is 8.78 Å². The maximum atomic E-state index is 13.2. The van der Waals surface area contributed by atoms with E-state index in [1.165, 1.54) is 18.2 Å². The van der Waals surface area contributed by atoms with Gasteiger partial charge in [-0.05, 0) is 67.7 Å². The lowest BCUT2D eigenvalue weighted by Gasteiger charge is -2.17. The number of rotatable bonds is 6. The molecule has 0 radical (unpaired) electrons. The van der Waals surface area contributed by atoms with Crippen molar-refractivity contribution >= 4 is 11.6 Å². The molecule has 0 spiro atoms. The number of benzene rings is 2. The Hall–Kier alpha value is -1.45. The molecule has 0 aromatic heterocycles. The fourth-order valence-electron chi connectivity index (χ4n) is 2.46. The molecule has 2 aromatic carbocycles. The summed E-state index contributed by atoms with van der Waals surface area (Å²) in [5.41, 5.74) is 2.09. The molecule has 21 heavy (non-hydrogen) atoms. The van der Waals surface area contributed by atoms with Gasteiger partial charge in [-0.25, -0.2) is 8.78 Å². The van der Waals surface area contributed by atoms with E-state index in [1.807, 2.05) is 7.05 Å². The van der Waals surface area contributed by atoms with Crippen LogP contribution in [-0.4, -0.2) is 13.6 Å². The van der Waals surface area contributed by atoms with Gasteiger partial charge in [0.05, 0.1) is 5.02 Å². The fraction of sp³-hybridized carbons (Fsp3) is 0.294. The van der Waals surface area contributed by atoms with Crippen LogP contribution in [0.4, 0.5) is 8.78 Å². The van der Waals surface area contributed by atoms with Gasteiger partial charge in [0, 0.05) is 0 Å². The van der Waals surface area contributed by atoms with Gasteiger partial charge in [0.15, 0.2) is 0 Å². The van der Waals surface area contributed by atoms with Crippen molar-refractivity contribution in [3.05, 3.63) is 70.2 Å². The summed E-state index contributed by atoms with van der Waals surface area (Å²) in [4.78, 5) is 0. The summed E-state index contributed by atoms with van der Waals surface area (Å²) in [6, 6.07) is 11.4. The van der Waals surface area contributed by atoms with Crippen LogP contribution in [0, 0.1) is 17.6 Å². The lowest BCUT2D eigenvalue weighted by molar-refractivity contribution is 0.492. The van der Waals surface area contributed by atoms with Crippen LogP contribution in [0.5, 0.6) is 0 Å². The zero-order valence-corrected chi connectivity index (χ0v) is 12.6. The number of halogens is 3. The molecule has 0 saturated carbocycles. The highest BCUT2D eigenvalue weighted by molar-refractivity contribution is 6.30. The monoisotopic (exact) mass is 309 g/mol. The first kappa shape index (κ1) is 15.9. The molecule has 0 aliphatic rings. The quantitative estimate of drug-likeness (QED) is 0.841. The Labute approximate surface area is 128 Å². The van der Waals surface area contributed by atoms with Crippen LogP contribution < -0.4 is 5.32 Å². The first-order chi connectivity index (χ1) is 10.1. The van der Waals surface area contributed by atoms with Crippen molar-refractivity contribution in [1.82, 2.24) is 5.32 Å². The highest BCUT2D eigenvalue weighted by atomic mass is 35.5. The Balaban J connectivity index is 2.07. The van der Waals surface area contributed by atoms with E-state index in [0.717, 1.165) is 30.5 Å². The molecule has 4 heteroatoms. The summed E-state index contributed by atoms with van der Waals surface area (Å²) in [5.74, 6) is -0.291.